The number of thiophene rings is 1. The predicted octanol–water partition coefficient (Wildman–Crippen LogP) is 1.40. The molecule has 3 aromatic heterocycles. The van der Waals surface area contributed by atoms with E-state index < -0.39 is 5.91 Å². The van der Waals surface area contributed by atoms with Gasteiger partial charge in [0, 0.05) is 4.88 Å². The van der Waals surface area contributed by atoms with Crippen molar-refractivity contribution in [3.05, 3.63) is 33.8 Å². The zero-order chi connectivity index (χ0) is 17.8. The van der Waals surface area contributed by atoms with E-state index in [0.29, 0.717) is 17.8 Å². The smallest absolute Gasteiger partial charge is 0.293 e. The number of carbonyl (C=O) groups is 1. The van der Waals surface area contributed by atoms with Gasteiger partial charge in [0.25, 0.3) is 5.91 Å². The zero-order valence-corrected chi connectivity index (χ0v) is 14.4. The van der Waals surface area contributed by atoms with Gasteiger partial charge in [0.15, 0.2) is 5.69 Å². The molecule has 0 saturated heterocycles. The predicted molar refractivity (Wildman–Crippen MR) is 91.6 cm³/mol. The fourth-order valence-corrected chi connectivity index (χ4v) is 2.85. The molecule has 0 fully saturated rings. The number of nitrogens with zero attached hydrogens (tertiary/aromatic N) is 6. The summed E-state index contributed by atoms with van der Waals surface area (Å²) in [6, 6.07) is 3.84. The zero-order valence-electron chi connectivity index (χ0n) is 13.6. The minimum atomic E-state index is -0.458. The van der Waals surface area contributed by atoms with E-state index in [1.54, 1.807) is 11.3 Å². The van der Waals surface area contributed by atoms with Crippen molar-refractivity contribution in [1.29, 1.82) is 0 Å². The molecule has 3 heterocycles. The van der Waals surface area contributed by atoms with E-state index >= 15 is 0 Å². The fourth-order valence-electron chi connectivity index (χ4n) is 2.17. The molecule has 0 atom stereocenters. The van der Waals surface area contributed by atoms with Gasteiger partial charge in [-0.1, -0.05) is 24.6 Å². The summed E-state index contributed by atoms with van der Waals surface area (Å²) >= 11 is 1.54. The lowest BCUT2D eigenvalue weighted by Gasteiger charge is -2.04. The van der Waals surface area contributed by atoms with E-state index in [1.807, 2.05) is 31.4 Å². The van der Waals surface area contributed by atoms with Crippen LogP contribution < -0.4 is 11.2 Å². The van der Waals surface area contributed by atoms with Crippen LogP contribution >= 0.6 is 11.3 Å². The van der Waals surface area contributed by atoms with Crippen molar-refractivity contribution in [3.8, 4) is 5.82 Å². The van der Waals surface area contributed by atoms with Crippen LogP contribution in [0.25, 0.3) is 5.82 Å². The molecule has 0 aromatic carbocycles. The summed E-state index contributed by atoms with van der Waals surface area (Å²) in [5, 5.41) is 21.2. The average molecular weight is 360 g/mol. The number of nitrogen functional groups attached to an aromatic ring is 1. The molecular formula is C14H16N8O2S. The first-order valence-corrected chi connectivity index (χ1v) is 8.41. The van der Waals surface area contributed by atoms with E-state index in [0.717, 1.165) is 11.3 Å². The number of hydrogen-bond acceptors (Lipinski definition) is 9. The van der Waals surface area contributed by atoms with Crippen LogP contribution in [0.2, 0.25) is 0 Å². The van der Waals surface area contributed by atoms with E-state index in [4.69, 9.17) is 5.73 Å². The highest BCUT2D eigenvalue weighted by molar-refractivity contribution is 7.12. The minimum absolute atomic E-state index is 0.0702. The fraction of sp³-hybridized carbons (Fsp3) is 0.286. The minimum Gasteiger partial charge on any atom is -0.378 e. The lowest BCUT2D eigenvalue weighted by Crippen LogP contribution is -2.21. The molecule has 10 nitrogen and oxygen atoms in total. The van der Waals surface area contributed by atoms with Gasteiger partial charge in [-0.2, -0.15) is 9.78 Å². The van der Waals surface area contributed by atoms with Crippen LogP contribution in [0, 0.1) is 0 Å². The van der Waals surface area contributed by atoms with Crippen molar-refractivity contribution in [3.63, 3.8) is 0 Å². The standard InChI is InChI=1S/C14H16N8O2S/c1-3-5-9-11(17-21-22(9)13-12(15)19-24-20-13)14(23)18-16-8(2)10-6-4-7-25-10/h4,6-7H,3,5H2,1-2H3,(H2,15,19)(H,18,23)/b16-8+. The summed E-state index contributed by atoms with van der Waals surface area (Å²) in [4.78, 5) is 13.4. The Labute approximate surface area is 146 Å². The van der Waals surface area contributed by atoms with Crippen molar-refractivity contribution in [2.45, 2.75) is 26.7 Å². The van der Waals surface area contributed by atoms with Gasteiger partial charge in [-0.3, -0.25) is 4.79 Å². The molecule has 0 radical (unpaired) electrons. The Morgan fingerprint density at radius 1 is 1.48 bits per heavy atom. The Morgan fingerprint density at radius 2 is 2.32 bits per heavy atom. The molecule has 0 spiro atoms. The van der Waals surface area contributed by atoms with Crippen LogP contribution in [0.3, 0.4) is 0 Å². The Bertz CT molecular complexity index is 896. The maximum Gasteiger partial charge on any atom is 0.293 e. The van der Waals surface area contributed by atoms with E-state index in [9.17, 15) is 4.79 Å². The van der Waals surface area contributed by atoms with Gasteiger partial charge in [-0.25, -0.2) is 10.1 Å². The number of nitrogens with two attached hydrogens (primary N) is 1. The Kier molecular flexibility index (Phi) is 4.84. The monoisotopic (exact) mass is 360 g/mol. The van der Waals surface area contributed by atoms with Gasteiger partial charge in [-0.05, 0) is 35.1 Å². The molecule has 25 heavy (non-hydrogen) atoms. The highest BCUT2D eigenvalue weighted by Crippen LogP contribution is 2.17. The maximum atomic E-state index is 12.5. The van der Waals surface area contributed by atoms with Crippen molar-refractivity contribution in [1.82, 2.24) is 30.7 Å². The summed E-state index contributed by atoms with van der Waals surface area (Å²) in [6.45, 7) is 3.79. The second-order valence-electron chi connectivity index (χ2n) is 5.14. The largest absolute Gasteiger partial charge is 0.378 e. The number of aromatic nitrogens is 5. The van der Waals surface area contributed by atoms with Gasteiger partial charge in [0.1, 0.15) is 0 Å². The van der Waals surface area contributed by atoms with Gasteiger partial charge in [0.2, 0.25) is 11.6 Å². The van der Waals surface area contributed by atoms with Crippen LogP contribution in [0.15, 0.2) is 27.2 Å². The summed E-state index contributed by atoms with van der Waals surface area (Å²) in [7, 11) is 0. The number of hydrogen-bond donors (Lipinski definition) is 2. The Hall–Kier alpha value is -3.08. The van der Waals surface area contributed by atoms with Crippen LogP contribution in [0.4, 0.5) is 5.82 Å². The van der Waals surface area contributed by atoms with Crippen molar-refractivity contribution >= 4 is 28.8 Å². The maximum absolute atomic E-state index is 12.5. The molecule has 0 unspecified atom stereocenters. The quantitative estimate of drug-likeness (QED) is 0.500. The van der Waals surface area contributed by atoms with Gasteiger partial charge < -0.3 is 5.73 Å². The Balaban J connectivity index is 1.86. The van der Waals surface area contributed by atoms with Crippen LogP contribution in [-0.2, 0) is 6.42 Å². The third kappa shape index (κ3) is 3.40. The third-order valence-electron chi connectivity index (χ3n) is 3.36. The molecule has 3 N–H and O–H groups in total. The topological polar surface area (TPSA) is 137 Å². The van der Waals surface area contributed by atoms with Gasteiger partial charge >= 0.3 is 0 Å². The molecular weight excluding hydrogens is 344 g/mol. The summed E-state index contributed by atoms with van der Waals surface area (Å²) in [6.07, 6.45) is 1.33. The molecule has 0 saturated carbocycles. The second kappa shape index (κ2) is 7.21. The second-order valence-corrected chi connectivity index (χ2v) is 6.08. The van der Waals surface area contributed by atoms with Crippen LogP contribution in [0.5, 0.6) is 0 Å². The normalized spacial score (nSPS) is 11.7. The molecule has 3 rings (SSSR count). The first kappa shape index (κ1) is 16.8. The summed E-state index contributed by atoms with van der Waals surface area (Å²) in [5.41, 5.74) is 9.63. The highest BCUT2D eigenvalue weighted by Gasteiger charge is 2.23. The van der Waals surface area contributed by atoms with Gasteiger partial charge in [0.05, 0.1) is 11.4 Å². The number of carbonyl (C=O) groups excluding carboxylic acids is 1. The molecule has 130 valence electrons. The molecule has 0 aliphatic rings. The van der Waals surface area contributed by atoms with Crippen molar-refractivity contribution in [2.24, 2.45) is 5.10 Å². The first-order valence-electron chi connectivity index (χ1n) is 7.53. The van der Waals surface area contributed by atoms with Crippen molar-refractivity contribution in [2.75, 3.05) is 5.73 Å². The first-order chi connectivity index (χ1) is 12.1. The summed E-state index contributed by atoms with van der Waals surface area (Å²) < 4.78 is 5.95. The SMILES string of the molecule is CCCc1c(C(=O)N/N=C(\C)c2cccs2)nnn1-c1nonc1N. The molecule has 0 aliphatic carbocycles. The number of nitrogens with one attached hydrogen (secondary N) is 1. The summed E-state index contributed by atoms with van der Waals surface area (Å²) in [5.74, 6) is -0.185. The van der Waals surface area contributed by atoms with E-state index in [-0.39, 0.29) is 17.3 Å². The number of rotatable bonds is 6. The number of anilines is 1. The molecule has 0 aliphatic heterocycles. The molecule has 1 amide bonds. The highest BCUT2D eigenvalue weighted by atomic mass is 32.1. The third-order valence-corrected chi connectivity index (χ3v) is 4.34. The van der Waals surface area contributed by atoms with Crippen LogP contribution in [-0.4, -0.2) is 36.9 Å². The van der Waals surface area contributed by atoms with Crippen molar-refractivity contribution < 1.29 is 9.42 Å². The lowest BCUT2D eigenvalue weighted by atomic mass is 10.2. The molecule has 3 aromatic rings. The lowest BCUT2D eigenvalue weighted by molar-refractivity contribution is 0.0948. The number of hydrazone groups is 1. The molecule has 0 bridgehead atoms. The average Bonchev–Trinajstić information content (AvgIpc) is 3.33. The van der Waals surface area contributed by atoms with E-state index in [2.05, 4.69) is 35.8 Å². The Morgan fingerprint density at radius 3 is 2.96 bits per heavy atom. The van der Waals surface area contributed by atoms with E-state index in [1.165, 1.54) is 4.68 Å². The molecule has 11 heteroatoms. The number of amides is 1. The van der Waals surface area contributed by atoms with Crippen LogP contribution in [0.1, 0.15) is 41.3 Å². The van der Waals surface area contributed by atoms with Gasteiger partial charge in [-0.15, -0.1) is 16.4 Å².